The van der Waals surface area contributed by atoms with E-state index in [1.807, 2.05) is 91.0 Å². The molecule has 3 aliphatic rings. The summed E-state index contributed by atoms with van der Waals surface area (Å²) in [5.41, 5.74) is 8.11. The van der Waals surface area contributed by atoms with Crippen LogP contribution in [0.3, 0.4) is 0 Å². The Morgan fingerprint density at radius 2 is 1.15 bits per heavy atom. The number of hydrogen-bond acceptors (Lipinski definition) is 1. The summed E-state index contributed by atoms with van der Waals surface area (Å²) in [6, 6.07) is 28.1. The predicted molar refractivity (Wildman–Crippen MR) is 147 cm³/mol. The van der Waals surface area contributed by atoms with Gasteiger partial charge in [0.15, 0.2) is 0 Å². The van der Waals surface area contributed by atoms with Gasteiger partial charge in [0.05, 0.1) is 0 Å². The van der Waals surface area contributed by atoms with Crippen molar-refractivity contribution in [2.45, 2.75) is 57.3 Å². The van der Waals surface area contributed by atoms with Gasteiger partial charge in [0, 0.05) is 0 Å². The van der Waals surface area contributed by atoms with Crippen molar-refractivity contribution in [3.05, 3.63) is 136 Å². The van der Waals surface area contributed by atoms with E-state index < -0.39 is 11.4 Å². The van der Waals surface area contributed by atoms with Gasteiger partial charge in [0.2, 0.25) is 0 Å². The maximum atomic E-state index is 12.4. The molecule has 1 unspecified atom stereocenters. The Morgan fingerprint density at radius 3 is 1.62 bits per heavy atom. The molecule has 0 bridgehead atoms. The van der Waals surface area contributed by atoms with Crippen LogP contribution in [0.25, 0.3) is 0 Å². The number of fused-ring (bicyclic) bond motifs is 1. The average Bonchev–Trinajstić information content (AvgIpc) is 3.23. The monoisotopic (exact) mass is 593 g/mol. The molecule has 6 rings (SSSR count). The van der Waals surface area contributed by atoms with Crippen molar-refractivity contribution in [3.63, 3.8) is 0 Å². The standard InChI is InChI=1S/C20H16O2.C14H19.2ClH.Ti/c21-19(22)20(16-10-4-1-5-11-16,17-12-6-2-7-13-17)18-14-8-3-9-15-18;1-10-11-6-2-4-8-13(11)14-9-5-3-7-12(10)14;;;/h1-15H,(H,21,22);6,10H,2-5,7-9H2,1H3;2*1H;/q;-1;;;+3/p-2. The molecule has 1 atom stereocenters. The fraction of sp³-hybridized carbons (Fsp3) is 0.294. The van der Waals surface area contributed by atoms with Gasteiger partial charge in [0.25, 0.3) is 0 Å². The molecule has 1 radical (unpaired) electrons. The maximum absolute atomic E-state index is 12.4. The normalized spacial score (nSPS) is 17.5. The van der Waals surface area contributed by atoms with Gasteiger partial charge < -0.3 is 29.9 Å². The number of halogens is 2. The second-order valence-corrected chi connectivity index (χ2v) is 10.1. The minimum atomic E-state index is -1.20. The molecule has 1 N–H and O–H groups in total. The van der Waals surface area contributed by atoms with E-state index in [1.54, 1.807) is 22.3 Å². The number of allylic oxidation sites excluding steroid dienone is 4. The summed E-state index contributed by atoms with van der Waals surface area (Å²) in [5.74, 6) is -0.100. The van der Waals surface area contributed by atoms with E-state index in [-0.39, 0.29) is 46.5 Å². The summed E-state index contributed by atoms with van der Waals surface area (Å²) >= 11 is 0. The molecule has 3 aromatic carbocycles. The predicted octanol–water partition coefficient (Wildman–Crippen LogP) is 2.30. The van der Waals surface area contributed by atoms with Crippen molar-refractivity contribution in [1.82, 2.24) is 0 Å². The molecule has 5 heteroatoms. The van der Waals surface area contributed by atoms with Crippen LogP contribution in [0, 0.1) is 12.3 Å². The molecule has 0 amide bonds. The molecule has 0 aromatic heterocycles. The fourth-order valence-electron chi connectivity index (χ4n) is 6.44. The number of carbonyl (C=O) groups is 1. The third-order valence-corrected chi connectivity index (χ3v) is 8.15. The zero-order valence-corrected chi connectivity index (χ0v) is 25.4. The maximum Gasteiger partial charge on any atom is 3.00 e. The molecule has 201 valence electrons. The zero-order chi connectivity index (χ0) is 25.0. The van der Waals surface area contributed by atoms with Gasteiger partial charge >= 0.3 is 27.7 Å². The molecule has 0 saturated heterocycles. The Hall–Kier alpha value is -2.23. The largest absolute Gasteiger partial charge is 3.00 e. The fourth-order valence-corrected chi connectivity index (χ4v) is 6.44. The molecule has 0 saturated carbocycles. The van der Waals surface area contributed by atoms with E-state index >= 15 is 0 Å². The van der Waals surface area contributed by atoms with Crippen LogP contribution < -0.4 is 24.8 Å². The summed E-state index contributed by atoms with van der Waals surface area (Å²) < 4.78 is 0. The number of rotatable bonds is 4. The molecule has 0 aliphatic heterocycles. The molecular weight excluding hydrogens is 559 g/mol. The third kappa shape index (κ3) is 6.41. The van der Waals surface area contributed by atoms with Gasteiger partial charge in [-0.25, -0.2) is 12.0 Å². The van der Waals surface area contributed by atoms with Gasteiger partial charge in [-0.05, 0) is 41.9 Å². The summed E-state index contributed by atoms with van der Waals surface area (Å²) in [6.07, 6.45) is 12.2. The van der Waals surface area contributed by atoms with Gasteiger partial charge in [-0.3, -0.25) is 4.79 Å². The molecule has 3 aromatic rings. The van der Waals surface area contributed by atoms with Crippen LogP contribution in [0.15, 0.2) is 113 Å². The van der Waals surface area contributed by atoms with Crippen LogP contribution in [0.1, 0.15) is 68.6 Å². The Kier molecular flexibility index (Phi) is 12.7. The summed E-state index contributed by atoms with van der Waals surface area (Å²) in [7, 11) is 0. The van der Waals surface area contributed by atoms with E-state index in [0.29, 0.717) is 0 Å². The van der Waals surface area contributed by atoms with Crippen molar-refractivity contribution in [2.75, 3.05) is 0 Å². The number of aliphatic carboxylic acids is 1. The van der Waals surface area contributed by atoms with E-state index in [4.69, 9.17) is 0 Å². The van der Waals surface area contributed by atoms with Crippen molar-refractivity contribution < 1.29 is 56.4 Å². The summed E-state index contributed by atoms with van der Waals surface area (Å²) in [6.45, 7) is 2.42. The van der Waals surface area contributed by atoms with Gasteiger partial charge in [-0.1, -0.05) is 123 Å². The van der Waals surface area contributed by atoms with Crippen LogP contribution in [-0.4, -0.2) is 11.1 Å². The molecule has 0 heterocycles. The average molecular weight is 594 g/mol. The molecule has 0 spiro atoms. The first-order valence-electron chi connectivity index (χ1n) is 13.3. The van der Waals surface area contributed by atoms with Crippen LogP contribution in [-0.2, 0) is 31.9 Å². The Bertz CT molecular complexity index is 1140. The quantitative estimate of drug-likeness (QED) is 0.286. The van der Waals surface area contributed by atoms with E-state index in [2.05, 4.69) is 13.3 Å². The Morgan fingerprint density at radius 1 is 0.718 bits per heavy atom. The van der Waals surface area contributed by atoms with Gasteiger partial charge in [0.1, 0.15) is 5.41 Å². The molecule has 3 aliphatic carbocycles. The summed E-state index contributed by atoms with van der Waals surface area (Å²) in [5, 5.41) is 10.2. The molecular formula is C34H35Cl2O2Ti. The Labute approximate surface area is 260 Å². The van der Waals surface area contributed by atoms with Crippen molar-refractivity contribution in [3.8, 4) is 0 Å². The van der Waals surface area contributed by atoms with Crippen LogP contribution in [0.2, 0.25) is 0 Å². The second-order valence-electron chi connectivity index (χ2n) is 10.1. The van der Waals surface area contributed by atoms with Crippen molar-refractivity contribution in [2.24, 2.45) is 5.92 Å². The van der Waals surface area contributed by atoms with Gasteiger partial charge in [-0.15, -0.1) is 12.0 Å². The third-order valence-electron chi connectivity index (χ3n) is 8.15. The van der Waals surface area contributed by atoms with Crippen LogP contribution in [0.4, 0.5) is 0 Å². The van der Waals surface area contributed by atoms with Crippen molar-refractivity contribution in [1.29, 1.82) is 0 Å². The molecule has 39 heavy (non-hydrogen) atoms. The van der Waals surface area contributed by atoms with E-state index in [9.17, 15) is 9.90 Å². The van der Waals surface area contributed by atoms with Gasteiger partial charge in [-0.2, -0.15) is 5.57 Å². The first kappa shape index (κ1) is 33.0. The minimum absolute atomic E-state index is 0. The van der Waals surface area contributed by atoms with E-state index in [0.717, 1.165) is 22.6 Å². The smallest absolute Gasteiger partial charge is 1.00 e. The Balaban J connectivity index is 0.000000274. The van der Waals surface area contributed by atoms with Crippen LogP contribution >= 0.6 is 0 Å². The van der Waals surface area contributed by atoms with Crippen LogP contribution in [0.5, 0.6) is 0 Å². The topological polar surface area (TPSA) is 37.3 Å². The second kappa shape index (κ2) is 15.0. The minimum Gasteiger partial charge on any atom is -1.00 e. The number of benzene rings is 3. The SMILES string of the molecule is CC1C2=C(CCC[CH-]2)C2=C1CCCC2.O=C(O)C(c1ccccc1)(c1ccccc1)c1ccccc1.[Cl-].[Cl-].[Ti+3]. The van der Waals surface area contributed by atoms with E-state index in [1.165, 1.54) is 44.9 Å². The molecule has 0 fully saturated rings. The number of carboxylic acid groups (broad SMARTS) is 1. The first-order valence-corrected chi connectivity index (χ1v) is 13.3. The zero-order valence-electron chi connectivity index (χ0n) is 22.4. The molecule has 2 nitrogen and oxygen atoms in total. The number of hydrogen-bond donors (Lipinski definition) is 1. The van der Waals surface area contributed by atoms with Crippen molar-refractivity contribution >= 4 is 5.97 Å². The first-order chi connectivity index (χ1) is 17.6. The number of carboxylic acids is 1. The summed E-state index contributed by atoms with van der Waals surface area (Å²) in [4.78, 5) is 12.4.